The Kier molecular flexibility index (Phi) is 1.69. The number of alkyl halides is 1. The number of hydrogen-bond donors (Lipinski definition) is 0. The molecule has 46 valence electrons. The van der Waals surface area contributed by atoms with Crippen LogP contribution in [0, 0.1) is 10.1 Å². The summed E-state index contributed by atoms with van der Waals surface area (Å²) in [7, 11) is 0. The van der Waals surface area contributed by atoms with Crippen LogP contribution in [0.3, 0.4) is 0 Å². The predicted molar refractivity (Wildman–Crippen MR) is 37.8 cm³/mol. The van der Waals surface area contributed by atoms with Gasteiger partial charge in [-0.05, 0) is 0 Å². The third-order valence-electron chi connectivity index (χ3n) is 1.35. The van der Waals surface area contributed by atoms with E-state index in [0.29, 0.717) is 3.92 Å². The van der Waals surface area contributed by atoms with Crippen molar-refractivity contribution in [2.75, 3.05) is 0 Å². The second-order valence-electron chi connectivity index (χ2n) is 2.01. The molecule has 0 radical (unpaired) electrons. The Morgan fingerprint density at radius 3 is 2.25 bits per heavy atom. The molecule has 0 heterocycles. The van der Waals surface area contributed by atoms with Crippen molar-refractivity contribution < 1.29 is 4.92 Å². The molecule has 0 spiro atoms. The summed E-state index contributed by atoms with van der Waals surface area (Å²) in [6, 6.07) is -0.225. The van der Waals surface area contributed by atoms with Crippen molar-refractivity contribution in [3.05, 3.63) is 10.1 Å². The van der Waals surface area contributed by atoms with E-state index in [-0.39, 0.29) is 11.0 Å². The molecule has 0 aromatic carbocycles. The molecule has 1 fully saturated rings. The predicted octanol–water partition coefficient (Wildman–Crippen LogP) is 1.23. The van der Waals surface area contributed by atoms with Gasteiger partial charge in [-0.2, -0.15) is 0 Å². The summed E-state index contributed by atoms with van der Waals surface area (Å²) >= 11 is 2.24. The van der Waals surface area contributed by atoms with E-state index < -0.39 is 0 Å². The largest absolute Gasteiger partial charge is 0.264 e. The van der Waals surface area contributed by atoms with Gasteiger partial charge in [0, 0.05) is 21.7 Å². The number of hydrogen-bond acceptors (Lipinski definition) is 2. The van der Waals surface area contributed by atoms with Crippen molar-refractivity contribution >= 4 is 22.6 Å². The van der Waals surface area contributed by atoms with Gasteiger partial charge in [-0.3, -0.25) is 10.1 Å². The first-order chi connectivity index (χ1) is 3.70. The summed E-state index contributed by atoms with van der Waals surface area (Å²) in [4.78, 5) is 9.74. The molecule has 0 atom stereocenters. The van der Waals surface area contributed by atoms with E-state index in [0.717, 1.165) is 12.8 Å². The van der Waals surface area contributed by atoms with Gasteiger partial charge in [0.1, 0.15) is 0 Å². The molecule has 0 amide bonds. The highest BCUT2D eigenvalue weighted by molar-refractivity contribution is 14.1. The smallest absolute Gasteiger partial charge is 0.215 e. The molecule has 1 saturated carbocycles. The molecule has 0 aromatic heterocycles. The van der Waals surface area contributed by atoms with Crippen LogP contribution in [0.5, 0.6) is 0 Å². The molecule has 8 heavy (non-hydrogen) atoms. The first-order valence-electron chi connectivity index (χ1n) is 2.47. The summed E-state index contributed by atoms with van der Waals surface area (Å²) in [5, 5.41) is 9.93. The Labute approximate surface area is 60.7 Å². The van der Waals surface area contributed by atoms with Gasteiger partial charge in [0.15, 0.2) is 0 Å². The molecule has 1 rings (SSSR count). The third kappa shape index (κ3) is 1.10. The lowest BCUT2D eigenvalue weighted by molar-refractivity contribution is -0.534. The Morgan fingerprint density at radius 2 is 2.12 bits per heavy atom. The van der Waals surface area contributed by atoms with Crippen molar-refractivity contribution in [3.8, 4) is 0 Å². The second kappa shape index (κ2) is 2.16. The lowest BCUT2D eigenvalue weighted by Crippen LogP contribution is -2.35. The van der Waals surface area contributed by atoms with E-state index in [1.165, 1.54) is 0 Å². The summed E-state index contributed by atoms with van der Waals surface area (Å²) in [5.41, 5.74) is 0. The zero-order valence-corrected chi connectivity index (χ0v) is 6.37. The molecule has 1 aliphatic rings. The van der Waals surface area contributed by atoms with Gasteiger partial charge in [-0.25, -0.2) is 0 Å². The van der Waals surface area contributed by atoms with Gasteiger partial charge in [0.05, 0.1) is 0 Å². The molecular formula is C4H6INO2. The van der Waals surface area contributed by atoms with Crippen LogP contribution in [0.4, 0.5) is 0 Å². The van der Waals surface area contributed by atoms with Crippen LogP contribution in [-0.2, 0) is 0 Å². The van der Waals surface area contributed by atoms with Crippen LogP contribution < -0.4 is 0 Å². The number of halogens is 1. The maximum absolute atomic E-state index is 9.93. The minimum absolute atomic E-state index is 0.185. The topological polar surface area (TPSA) is 43.1 Å². The molecule has 0 aliphatic heterocycles. The Bertz CT molecular complexity index is 111. The SMILES string of the molecule is O=[N+]([O-])C1CC(I)C1. The average molecular weight is 227 g/mol. The minimum atomic E-state index is -0.225. The second-order valence-corrected chi connectivity index (χ2v) is 3.77. The van der Waals surface area contributed by atoms with Crippen molar-refractivity contribution in [2.24, 2.45) is 0 Å². The summed E-state index contributed by atoms with van der Waals surface area (Å²) in [5.74, 6) is 0. The van der Waals surface area contributed by atoms with Crippen LogP contribution in [0.2, 0.25) is 0 Å². The molecule has 1 aliphatic carbocycles. The van der Waals surface area contributed by atoms with Crippen molar-refractivity contribution in [2.45, 2.75) is 22.8 Å². The maximum atomic E-state index is 9.93. The highest BCUT2D eigenvalue weighted by atomic mass is 127. The van der Waals surface area contributed by atoms with E-state index >= 15 is 0 Å². The Morgan fingerprint density at radius 1 is 1.62 bits per heavy atom. The average Bonchev–Trinajstić information content (AvgIpc) is 1.57. The van der Waals surface area contributed by atoms with E-state index in [1.807, 2.05) is 0 Å². The van der Waals surface area contributed by atoms with E-state index in [1.54, 1.807) is 0 Å². The minimum Gasteiger partial charge on any atom is -0.264 e. The molecule has 0 bridgehead atoms. The van der Waals surface area contributed by atoms with Gasteiger partial charge < -0.3 is 0 Å². The highest BCUT2D eigenvalue weighted by Crippen LogP contribution is 2.29. The highest BCUT2D eigenvalue weighted by Gasteiger charge is 2.35. The standard InChI is InChI=1S/C4H6INO2/c5-3-1-4(2-3)6(7)8/h3-4H,1-2H2. The van der Waals surface area contributed by atoms with Crippen LogP contribution in [-0.4, -0.2) is 14.9 Å². The van der Waals surface area contributed by atoms with Crippen LogP contribution in [0.15, 0.2) is 0 Å². The van der Waals surface area contributed by atoms with Crippen LogP contribution >= 0.6 is 22.6 Å². The van der Waals surface area contributed by atoms with Gasteiger partial charge in [0.25, 0.3) is 0 Å². The first-order valence-corrected chi connectivity index (χ1v) is 3.72. The molecule has 4 heteroatoms. The zero-order valence-electron chi connectivity index (χ0n) is 4.21. The van der Waals surface area contributed by atoms with Crippen molar-refractivity contribution in [1.82, 2.24) is 0 Å². The fraction of sp³-hybridized carbons (Fsp3) is 1.00. The first kappa shape index (κ1) is 6.25. The summed E-state index contributed by atoms with van der Waals surface area (Å²) in [6.07, 6.45) is 1.54. The summed E-state index contributed by atoms with van der Waals surface area (Å²) in [6.45, 7) is 0. The summed E-state index contributed by atoms with van der Waals surface area (Å²) < 4.78 is 0.558. The molecule has 0 N–H and O–H groups in total. The third-order valence-corrected chi connectivity index (χ3v) is 2.37. The number of nitrogens with zero attached hydrogens (tertiary/aromatic N) is 1. The van der Waals surface area contributed by atoms with Gasteiger partial charge in [-0.1, -0.05) is 22.6 Å². The lowest BCUT2D eigenvalue weighted by Gasteiger charge is -2.22. The van der Waals surface area contributed by atoms with Crippen molar-refractivity contribution in [3.63, 3.8) is 0 Å². The maximum Gasteiger partial charge on any atom is 0.215 e. The van der Waals surface area contributed by atoms with Gasteiger partial charge >= 0.3 is 0 Å². The van der Waals surface area contributed by atoms with Crippen LogP contribution in [0.1, 0.15) is 12.8 Å². The normalized spacial score (nSPS) is 36.1. The fourth-order valence-corrected chi connectivity index (χ4v) is 1.87. The molecule has 3 nitrogen and oxygen atoms in total. The van der Waals surface area contributed by atoms with Crippen LogP contribution in [0.25, 0.3) is 0 Å². The molecule has 0 saturated heterocycles. The fourth-order valence-electron chi connectivity index (χ4n) is 0.694. The van der Waals surface area contributed by atoms with E-state index in [2.05, 4.69) is 22.6 Å². The Hall–Kier alpha value is 0.130. The van der Waals surface area contributed by atoms with E-state index in [4.69, 9.17) is 0 Å². The Balaban J connectivity index is 2.25. The van der Waals surface area contributed by atoms with Gasteiger partial charge in [-0.15, -0.1) is 0 Å². The quantitative estimate of drug-likeness (QED) is 0.292. The molecule has 0 aromatic rings. The molecule has 0 unspecified atom stereocenters. The van der Waals surface area contributed by atoms with Gasteiger partial charge in [0.2, 0.25) is 6.04 Å². The van der Waals surface area contributed by atoms with E-state index in [9.17, 15) is 10.1 Å². The molecular weight excluding hydrogens is 221 g/mol. The lowest BCUT2D eigenvalue weighted by atomic mass is 9.94. The monoisotopic (exact) mass is 227 g/mol. The van der Waals surface area contributed by atoms with Crippen molar-refractivity contribution in [1.29, 1.82) is 0 Å². The number of nitro groups is 1. The number of rotatable bonds is 1. The zero-order chi connectivity index (χ0) is 6.15.